The Labute approximate surface area is 176 Å². The summed E-state index contributed by atoms with van der Waals surface area (Å²) in [7, 11) is 0. The second-order valence-electron chi connectivity index (χ2n) is 6.78. The van der Waals surface area contributed by atoms with E-state index in [9.17, 15) is 14.9 Å². The maximum Gasteiger partial charge on any atom is 0.338 e. The number of aryl methyl sites for hydroxylation is 2. The molecule has 0 fully saturated rings. The first-order valence-corrected chi connectivity index (χ1v) is 9.29. The number of nitrogens with zero attached hydrogens (tertiary/aromatic N) is 5. The third-order valence-electron chi connectivity index (χ3n) is 4.49. The SMILES string of the molecule is Cc1cc(C)n(-c2ccc(C(=O)OCc3nc(-c4ccc([N+](=O)[O-])cc4)no3)cc2)n1. The number of aromatic nitrogens is 4. The summed E-state index contributed by atoms with van der Waals surface area (Å²) in [5, 5.41) is 18.9. The van der Waals surface area contributed by atoms with Gasteiger partial charge in [-0.1, -0.05) is 5.16 Å². The molecule has 0 bridgehead atoms. The van der Waals surface area contributed by atoms with Crippen LogP contribution in [-0.2, 0) is 11.3 Å². The summed E-state index contributed by atoms with van der Waals surface area (Å²) < 4.78 is 12.1. The third-order valence-corrected chi connectivity index (χ3v) is 4.49. The summed E-state index contributed by atoms with van der Waals surface area (Å²) in [6.07, 6.45) is 0. The number of carbonyl (C=O) groups excluding carboxylic acids is 1. The fourth-order valence-corrected chi connectivity index (χ4v) is 3.00. The van der Waals surface area contributed by atoms with Crippen molar-refractivity contribution in [2.75, 3.05) is 0 Å². The van der Waals surface area contributed by atoms with Crippen molar-refractivity contribution in [2.24, 2.45) is 0 Å². The van der Waals surface area contributed by atoms with Crippen LogP contribution in [0.25, 0.3) is 17.1 Å². The Morgan fingerprint density at radius 3 is 2.45 bits per heavy atom. The van der Waals surface area contributed by atoms with Crippen LogP contribution in [0, 0.1) is 24.0 Å². The van der Waals surface area contributed by atoms with Gasteiger partial charge in [-0.15, -0.1) is 0 Å². The average Bonchev–Trinajstić information content (AvgIpc) is 3.38. The Bertz CT molecular complexity index is 1240. The molecule has 10 heteroatoms. The van der Waals surface area contributed by atoms with E-state index in [1.807, 2.05) is 19.9 Å². The van der Waals surface area contributed by atoms with Crippen LogP contribution in [0.1, 0.15) is 27.6 Å². The van der Waals surface area contributed by atoms with Crippen LogP contribution < -0.4 is 0 Å². The molecule has 0 aliphatic heterocycles. The minimum absolute atomic E-state index is 0.0368. The smallest absolute Gasteiger partial charge is 0.338 e. The lowest BCUT2D eigenvalue weighted by atomic mass is 10.2. The molecule has 0 aliphatic rings. The Kier molecular flexibility index (Phi) is 5.27. The molecule has 4 aromatic rings. The molecule has 10 nitrogen and oxygen atoms in total. The van der Waals surface area contributed by atoms with E-state index in [1.54, 1.807) is 28.9 Å². The number of non-ortho nitro benzene ring substituents is 1. The summed E-state index contributed by atoms with van der Waals surface area (Å²) in [5.41, 5.74) is 3.63. The number of carbonyl (C=O) groups is 1. The van der Waals surface area contributed by atoms with Crippen LogP contribution in [0.5, 0.6) is 0 Å². The highest BCUT2D eigenvalue weighted by Crippen LogP contribution is 2.20. The third kappa shape index (κ3) is 4.32. The van der Waals surface area contributed by atoms with Crippen LogP contribution in [0.15, 0.2) is 59.1 Å². The van der Waals surface area contributed by atoms with Gasteiger partial charge in [0.15, 0.2) is 6.61 Å². The fraction of sp³-hybridized carbons (Fsp3) is 0.143. The Morgan fingerprint density at radius 2 is 1.84 bits per heavy atom. The Balaban J connectivity index is 1.39. The molecule has 0 amide bonds. The van der Waals surface area contributed by atoms with Gasteiger partial charge < -0.3 is 9.26 Å². The number of ether oxygens (including phenoxy) is 1. The number of hydrogen-bond donors (Lipinski definition) is 0. The van der Waals surface area contributed by atoms with Gasteiger partial charge in [-0.3, -0.25) is 10.1 Å². The lowest BCUT2D eigenvalue weighted by Gasteiger charge is -2.06. The van der Waals surface area contributed by atoms with Crippen LogP contribution in [-0.4, -0.2) is 30.8 Å². The molecule has 156 valence electrons. The van der Waals surface area contributed by atoms with Crippen LogP contribution >= 0.6 is 0 Å². The van der Waals surface area contributed by atoms with E-state index in [1.165, 1.54) is 24.3 Å². The van der Waals surface area contributed by atoms with Gasteiger partial charge in [-0.05, 0) is 56.3 Å². The first-order chi connectivity index (χ1) is 14.9. The maximum absolute atomic E-state index is 12.3. The number of benzene rings is 2. The number of nitro groups is 1. The second kappa shape index (κ2) is 8.19. The van der Waals surface area contributed by atoms with Gasteiger partial charge in [0.2, 0.25) is 5.82 Å². The summed E-state index contributed by atoms with van der Waals surface area (Å²) in [5.74, 6) is -0.175. The predicted molar refractivity (Wildman–Crippen MR) is 109 cm³/mol. The van der Waals surface area contributed by atoms with E-state index in [0.717, 1.165) is 17.1 Å². The molecule has 4 rings (SSSR count). The van der Waals surface area contributed by atoms with Gasteiger partial charge >= 0.3 is 5.97 Å². The van der Waals surface area contributed by atoms with Gasteiger partial charge in [-0.25, -0.2) is 9.48 Å². The molecule has 0 spiro atoms. The fourth-order valence-electron chi connectivity index (χ4n) is 3.00. The highest BCUT2D eigenvalue weighted by Gasteiger charge is 2.14. The molecular weight excluding hydrogens is 402 g/mol. The molecule has 0 saturated carbocycles. The van der Waals surface area contributed by atoms with Crippen molar-refractivity contribution in [1.82, 2.24) is 19.9 Å². The predicted octanol–water partition coefficient (Wildman–Crippen LogP) is 3.80. The molecule has 2 aromatic carbocycles. The van der Waals surface area contributed by atoms with Crippen LogP contribution in [0.3, 0.4) is 0 Å². The summed E-state index contributed by atoms with van der Waals surface area (Å²) in [6.45, 7) is 3.68. The van der Waals surface area contributed by atoms with Gasteiger partial charge in [0.25, 0.3) is 11.6 Å². The van der Waals surface area contributed by atoms with E-state index < -0.39 is 10.9 Å². The van der Waals surface area contributed by atoms with Crippen molar-refractivity contribution in [2.45, 2.75) is 20.5 Å². The minimum Gasteiger partial charge on any atom is -0.452 e. The summed E-state index contributed by atoms with van der Waals surface area (Å²) in [6, 6.07) is 14.6. The normalized spacial score (nSPS) is 10.8. The lowest BCUT2D eigenvalue weighted by Crippen LogP contribution is -2.06. The topological polar surface area (TPSA) is 126 Å². The van der Waals surface area contributed by atoms with Gasteiger partial charge in [0.05, 0.1) is 21.9 Å². The van der Waals surface area contributed by atoms with Gasteiger partial charge in [0, 0.05) is 23.4 Å². The number of nitro benzene ring substituents is 1. The lowest BCUT2D eigenvalue weighted by molar-refractivity contribution is -0.384. The van der Waals surface area contributed by atoms with E-state index in [4.69, 9.17) is 9.26 Å². The van der Waals surface area contributed by atoms with E-state index in [0.29, 0.717) is 11.1 Å². The molecule has 2 heterocycles. The number of esters is 1. The van der Waals surface area contributed by atoms with E-state index in [2.05, 4.69) is 15.2 Å². The van der Waals surface area contributed by atoms with Crippen molar-refractivity contribution in [3.05, 3.63) is 87.6 Å². The molecule has 0 radical (unpaired) electrons. The molecular formula is C21H17N5O5. The standard InChI is InChI=1S/C21H17N5O5/c1-13-11-14(2)25(23-13)17-7-5-16(6-8-17)21(27)30-12-19-22-20(24-31-19)15-3-9-18(10-4-15)26(28)29/h3-11H,12H2,1-2H3. The zero-order valence-corrected chi connectivity index (χ0v) is 16.7. The quantitative estimate of drug-likeness (QED) is 0.262. The average molecular weight is 419 g/mol. The minimum atomic E-state index is -0.532. The van der Waals surface area contributed by atoms with Crippen LogP contribution in [0.2, 0.25) is 0 Å². The maximum atomic E-state index is 12.3. The molecule has 2 aromatic heterocycles. The number of hydrogen-bond acceptors (Lipinski definition) is 8. The molecule has 31 heavy (non-hydrogen) atoms. The zero-order valence-electron chi connectivity index (χ0n) is 16.7. The van der Waals surface area contributed by atoms with Crippen molar-refractivity contribution in [1.29, 1.82) is 0 Å². The van der Waals surface area contributed by atoms with Crippen molar-refractivity contribution >= 4 is 11.7 Å². The summed E-state index contributed by atoms with van der Waals surface area (Å²) >= 11 is 0. The first-order valence-electron chi connectivity index (χ1n) is 9.29. The Morgan fingerprint density at radius 1 is 1.13 bits per heavy atom. The van der Waals surface area contributed by atoms with Gasteiger partial charge in [0.1, 0.15) is 0 Å². The summed E-state index contributed by atoms with van der Waals surface area (Å²) in [4.78, 5) is 26.7. The van der Waals surface area contributed by atoms with Crippen LogP contribution in [0.4, 0.5) is 5.69 Å². The van der Waals surface area contributed by atoms with E-state index in [-0.39, 0.29) is 24.0 Å². The van der Waals surface area contributed by atoms with Crippen molar-refractivity contribution in [3.63, 3.8) is 0 Å². The van der Waals surface area contributed by atoms with E-state index >= 15 is 0 Å². The molecule has 0 unspecified atom stereocenters. The highest BCUT2D eigenvalue weighted by molar-refractivity contribution is 5.89. The Hall–Kier alpha value is -4.34. The van der Waals surface area contributed by atoms with Crippen molar-refractivity contribution in [3.8, 4) is 17.1 Å². The van der Waals surface area contributed by atoms with Gasteiger partial charge in [-0.2, -0.15) is 10.1 Å². The molecule has 0 atom stereocenters. The second-order valence-corrected chi connectivity index (χ2v) is 6.78. The molecule has 0 aliphatic carbocycles. The van der Waals surface area contributed by atoms with Crippen molar-refractivity contribution < 1.29 is 19.0 Å². The highest BCUT2D eigenvalue weighted by atomic mass is 16.6. The molecule has 0 saturated heterocycles. The molecule has 0 N–H and O–H groups in total. The zero-order chi connectivity index (χ0) is 22.0. The largest absolute Gasteiger partial charge is 0.452 e. The first kappa shape index (κ1) is 20.0. The number of rotatable bonds is 6. The monoisotopic (exact) mass is 419 g/mol.